The Hall–Kier alpha value is -1.39. The van der Waals surface area contributed by atoms with Crippen LogP contribution in [-0.4, -0.2) is 23.7 Å². The van der Waals surface area contributed by atoms with Gasteiger partial charge in [0.05, 0.1) is 5.92 Å². The molecule has 4 heteroatoms. The van der Waals surface area contributed by atoms with Crippen LogP contribution in [0.3, 0.4) is 0 Å². The van der Waals surface area contributed by atoms with Crippen LogP contribution in [0.4, 0.5) is 0 Å². The van der Waals surface area contributed by atoms with Crippen molar-refractivity contribution in [3.05, 3.63) is 35.9 Å². The molecule has 1 unspecified atom stereocenters. The standard InChI is InChI=1S/C18H28N2O2/c1-17(2,3)22-16(21)15(12-19)18(10-7-11-18)20-13-14-8-5-4-6-9-14/h4-6,8-9,15,20H,7,10-13,19H2,1-3H3. The summed E-state index contributed by atoms with van der Waals surface area (Å²) in [4.78, 5) is 12.5. The van der Waals surface area contributed by atoms with Gasteiger partial charge in [0.2, 0.25) is 0 Å². The van der Waals surface area contributed by atoms with Gasteiger partial charge >= 0.3 is 5.97 Å². The van der Waals surface area contributed by atoms with Gasteiger partial charge in [-0.3, -0.25) is 4.79 Å². The van der Waals surface area contributed by atoms with Gasteiger partial charge in [0.1, 0.15) is 5.60 Å². The Bertz CT molecular complexity index is 490. The van der Waals surface area contributed by atoms with Crippen molar-refractivity contribution in [3.63, 3.8) is 0 Å². The molecule has 1 aromatic rings. The number of carbonyl (C=O) groups is 1. The molecule has 1 saturated carbocycles. The quantitative estimate of drug-likeness (QED) is 0.793. The zero-order chi connectivity index (χ0) is 16.2. The van der Waals surface area contributed by atoms with Gasteiger partial charge < -0.3 is 15.8 Å². The Balaban J connectivity index is 2.05. The molecule has 0 saturated heterocycles. The fourth-order valence-corrected chi connectivity index (χ4v) is 3.00. The average Bonchev–Trinajstić information content (AvgIpc) is 2.40. The summed E-state index contributed by atoms with van der Waals surface area (Å²) < 4.78 is 5.57. The Morgan fingerprint density at radius 1 is 1.32 bits per heavy atom. The highest BCUT2D eigenvalue weighted by molar-refractivity contribution is 5.75. The summed E-state index contributed by atoms with van der Waals surface area (Å²) in [5, 5.41) is 3.59. The fourth-order valence-electron chi connectivity index (χ4n) is 3.00. The number of hydrogen-bond acceptors (Lipinski definition) is 4. The van der Waals surface area contributed by atoms with Crippen LogP contribution in [0.25, 0.3) is 0 Å². The highest BCUT2D eigenvalue weighted by atomic mass is 16.6. The van der Waals surface area contributed by atoms with E-state index in [1.54, 1.807) is 0 Å². The summed E-state index contributed by atoms with van der Waals surface area (Å²) in [6, 6.07) is 10.2. The maximum absolute atomic E-state index is 12.5. The van der Waals surface area contributed by atoms with E-state index in [9.17, 15) is 4.79 Å². The van der Waals surface area contributed by atoms with E-state index in [2.05, 4.69) is 17.4 Å². The monoisotopic (exact) mass is 304 g/mol. The van der Waals surface area contributed by atoms with E-state index in [1.165, 1.54) is 5.56 Å². The lowest BCUT2D eigenvalue weighted by Gasteiger charge is -2.47. The third-order valence-electron chi connectivity index (χ3n) is 4.33. The second-order valence-corrected chi connectivity index (χ2v) is 7.17. The van der Waals surface area contributed by atoms with Crippen molar-refractivity contribution < 1.29 is 9.53 Å². The largest absolute Gasteiger partial charge is 0.460 e. The van der Waals surface area contributed by atoms with Crippen molar-refractivity contribution in [2.75, 3.05) is 6.54 Å². The third-order valence-corrected chi connectivity index (χ3v) is 4.33. The summed E-state index contributed by atoms with van der Waals surface area (Å²) in [7, 11) is 0. The Kier molecular flexibility index (Phi) is 5.24. The molecule has 0 radical (unpaired) electrons. The lowest BCUT2D eigenvalue weighted by atomic mass is 9.67. The molecule has 1 aliphatic carbocycles. The molecule has 1 aliphatic rings. The van der Waals surface area contributed by atoms with E-state index in [1.807, 2.05) is 39.0 Å². The lowest BCUT2D eigenvalue weighted by Crippen LogP contribution is -2.61. The minimum Gasteiger partial charge on any atom is -0.460 e. The lowest BCUT2D eigenvalue weighted by molar-refractivity contribution is -0.164. The number of ether oxygens (including phenoxy) is 1. The van der Waals surface area contributed by atoms with Crippen LogP contribution < -0.4 is 11.1 Å². The summed E-state index contributed by atoms with van der Waals surface area (Å²) in [5.41, 5.74) is 6.44. The first-order valence-corrected chi connectivity index (χ1v) is 8.08. The number of carbonyl (C=O) groups excluding carboxylic acids is 1. The number of hydrogen-bond donors (Lipinski definition) is 2. The summed E-state index contributed by atoms with van der Waals surface area (Å²) in [5.74, 6) is -0.473. The predicted molar refractivity (Wildman–Crippen MR) is 88.3 cm³/mol. The maximum atomic E-state index is 12.5. The van der Waals surface area contributed by atoms with Crippen LogP contribution in [0.1, 0.15) is 45.6 Å². The number of benzene rings is 1. The number of rotatable bonds is 6. The van der Waals surface area contributed by atoms with E-state index in [0.29, 0.717) is 6.54 Å². The molecule has 1 atom stereocenters. The van der Waals surface area contributed by atoms with Crippen LogP contribution >= 0.6 is 0 Å². The SMILES string of the molecule is CC(C)(C)OC(=O)C(CN)C1(NCc2ccccc2)CCC1. The molecule has 122 valence electrons. The first-order chi connectivity index (χ1) is 10.4. The Morgan fingerprint density at radius 3 is 2.41 bits per heavy atom. The normalized spacial score (nSPS) is 18.4. The van der Waals surface area contributed by atoms with E-state index >= 15 is 0 Å². The van der Waals surface area contributed by atoms with Crippen molar-refractivity contribution in [1.82, 2.24) is 5.32 Å². The third kappa shape index (κ3) is 4.08. The summed E-state index contributed by atoms with van der Waals surface area (Å²) >= 11 is 0. The fraction of sp³-hybridized carbons (Fsp3) is 0.611. The maximum Gasteiger partial charge on any atom is 0.312 e. The molecule has 4 nitrogen and oxygen atoms in total. The second kappa shape index (κ2) is 6.80. The molecule has 0 spiro atoms. The van der Waals surface area contributed by atoms with Gasteiger partial charge in [0, 0.05) is 18.6 Å². The molecule has 0 heterocycles. The zero-order valence-corrected chi connectivity index (χ0v) is 13.9. The van der Waals surface area contributed by atoms with Gasteiger partial charge in [-0.1, -0.05) is 30.3 Å². The van der Waals surface area contributed by atoms with Crippen LogP contribution in [0.15, 0.2) is 30.3 Å². The molecular formula is C18H28N2O2. The van der Waals surface area contributed by atoms with E-state index in [-0.39, 0.29) is 17.4 Å². The molecule has 1 aromatic carbocycles. The van der Waals surface area contributed by atoms with Gasteiger partial charge in [-0.15, -0.1) is 0 Å². The minimum atomic E-state index is -0.477. The predicted octanol–water partition coefficient (Wildman–Crippen LogP) is 2.62. The summed E-state index contributed by atoms with van der Waals surface area (Å²) in [6.45, 7) is 6.74. The average molecular weight is 304 g/mol. The highest BCUT2D eigenvalue weighted by Gasteiger charge is 2.47. The van der Waals surface area contributed by atoms with Gasteiger partial charge in [0.25, 0.3) is 0 Å². The Labute approximate surface area is 133 Å². The topological polar surface area (TPSA) is 64.3 Å². The molecule has 3 N–H and O–H groups in total. The van der Waals surface area contributed by atoms with E-state index < -0.39 is 5.60 Å². The van der Waals surface area contributed by atoms with Crippen molar-refractivity contribution in [3.8, 4) is 0 Å². The molecule has 22 heavy (non-hydrogen) atoms. The molecule has 2 rings (SSSR count). The van der Waals surface area contributed by atoms with Crippen molar-refractivity contribution in [1.29, 1.82) is 0 Å². The first kappa shape index (κ1) is 17.0. The zero-order valence-electron chi connectivity index (χ0n) is 13.9. The molecular weight excluding hydrogens is 276 g/mol. The second-order valence-electron chi connectivity index (χ2n) is 7.17. The molecule has 0 aromatic heterocycles. The van der Waals surface area contributed by atoms with Crippen LogP contribution in [0.5, 0.6) is 0 Å². The van der Waals surface area contributed by atoms with Crippen LogP contribution in [-0.2, 0) is 16.1 Å². The van der Waals surface area contributed by atoms with E-state index in [0.717, 1.165) is 25.8 Å². The Morgan fingerprint density at radius 2 is 1.95 bits per heavy atom. The van der Waals surface area contributed by atoms with Crippen LogP contribution in [0, 0.1) is 5.92 Å². The van der Waals surface area contributed by atoms with Crippen LogP contribution in [0.2, 0.25) is 0 Å². The van der Waals surface area contributed by atoms with Gasteiger partial charge in [-0.25, -0.2) is 0 Å². The van der Waals surface area contributed by atoms with Gasteiger partial charge in [0.15, 0.2) is 0 Å². The van der Waals surface area contributed by atoms with Crippen molar-refractivity contribution in [2.45, 2.75) is 57.7 Å². The minimum absolute atomic E-state index is 0.185. The van der Waals surface area contributed by atoms with Gasteiger partial charge in [-0.05, 0) is 45.6 Å². The molecule has 0 amide bonds. The molecule has 1 fully saturated rings. The van der Waals surface area contributed by atoms with Crippen molar-refractivity contribution >= 4 is 5.97 Å². The molecule has 0 bridgehead atoms. The van der Waals surface area contributed by atoms with E-state index in [4.69, 9.17) is 10.5 Å². The first-order valence-electron chi connectivity index (χ1n) is 8.08. The highest BCUT2D eigenvalue weighted by Crippen LogP contribution is 2.39. The summed E-state index contributed by atoms with van der Waals surface area (Å²) in [6.07, 6.45) is 3.07. The van der Waals surface area contributed by atoms with Gasteiger partial charge in [-0.2, -0.15) is 0 Å². The number of nitrogens with one attached hydrogen (secondary N) is 1. The number of nitrogens with two attached hydrogens (primary N) is 1. The smallest absolute Gasteiger partial charge is 0.312 e. The van der Waals surface area contributed by atoms with Crippen molar-refractivity contribution in [2.24, 2.45) is 11.7 Å². The number of esters is 1. The molecule has 0 aliphatic heterocycles.